The van der Waals surface area contributed by atoms with Crippen molar-refractivity contribution in [3.8, 4) is 11.5 Å². The average molecular weight is 639 g/mol. The van der Waals surface area contributed by atoms with Gasteiger partial charge >= 0.3 is 0 Å². The van der Waals surface area contributed by atoms with E-state index in [2.05, 4.69) is 22.6 Å². The number of rotatable bonds is 6. The van der Waals surface area contributed by atoms with Crippen LogP contribution in [-0.2, 0) is 20.9 Å². The summed E-state index contributed by atoms with van der Waals surface area (Å²) in [6, 6.07) is 9.17. The van der Waals surface area contributed by atoms with Crippen LogP contribution in [0.2, 0.25) is 10.0 Å². The van der Waals surface area contributed by atoms with Gasteiger partial charge in [-0.2, -0.15) is 0 Å². The number of hydrogen-bond acceptors (Lipinski definition) is 5. The summed E-state index contributed by atoms with van der Waals surface area (Å²) >= 11 is 14.6. The number of hydrogen-bond donors (Lipinski definition) is 0. The van der Waals surface area contributed by atoms with Crippen LogP contribution >= 0.6 is 45.8 Å². The Morgan fingerprint density at radius 3 is 2.22 bits per heavy atom. The molecule has 0 amide bonds. The van der Waals surface area contributed by atoms with Crippen molar-refractivity contribution in [1.82, 2.24) is 0 Å². The lowest BCUT2D eigenvalue weighted by Gasteiger charge is -2.36. The second-order valence-corrected chi connectivity index (χ2v) is 11.1. The standard InChI is InChI=1S/C28H25Cl2IO5/c1-2-34-24-12-16(11-19(31)28(24)35-14-15-9-10-17(29)13-18(15)30)25-26-20(32)5-3-7-22(26)36-23-8-4-6-21(33)27(23)25/h9-13,25H,2-8,14H2,1H3. The number of carbonyl (C=O) groups excluding carboxylic acids is 2. The normalized spacial score (nSPS) is 18.1. The fourth-order valence-electron chi connectivity index (χ4n) is 5.10. The fourth-order valence-corrected chi connectivity index (χ4v) is 6.34. The highest BCUT2D eigenvalue weighted by Crippen LogP contribution is 2.49. The van der Waals surface area contributed by atoms with E-state index in [1.807, 2.05) is 25.1 Å². The molecule has 0 atom stereocenters. The van der Waals surface area contributed by atoms with Gasteiger partial charge in [0.2, 0.25) is 0 Å². The molecule has 1 heterocycles. The minimum atomic E-state index is -0.447. The molecule has 2 aromatic rings. The highest BCUT2D eigenvalue weighted by Gasteiger charge is 2.42. The molecular weight excluding hydrogens is 614 g/mol. The molecule has 0 unspecified atom stereocenters. The van der Waals surface area contributed by atoms with Crippen molar-refractivity contribution in [2.45, 2.75) is 58.0 Å². The molecule has 0 fully saturated rings. The molecule has 3 aliphatic rings. The molecule has 2 aromatic carbocycles. The number of halogens is 3. The Balaban J connectivity index is 1.57. The van der Waals surface area contributed by atoms with Gasteiger partial charge in [-0.05, 0) is 72.2 Å². The van der Waals surface area contributed by atoms with Gasteiger partial charge in [0.1, 0.15) is 18.1 Å². The molecule has 1 aliphatic heterocycles. The SMILES string of the molecule is CCOc1cc(C2C3=C(CCCC3=O)OC3=C2C(=O)CCC3)cc(I)c1OCc1ccc(Cl)cc1Cl. The van der Waals surface area contributed by atoms with Crippen LogP contribution in [0.5, 0.6) is 11.5 Å². The van der Waals surface area contributed by atoms with E-state index < -0.39 is 5.92 Å². The number of Topliss-reactive ketones (excluding diaryl/α,β-unsaturated/α-hetero) is 2. The molecule has 0 N–H and O–H groups in total. The lowest BCUT2D eigenvalue weighted by molar-refractivity contribution is -0.117. The van der Waals surface area contributed by atoms with E-state index in [4.69, 9.17) is 37.4 Å². The maximum absolute atomic E-state index is 13.1. The Morgan fingerprint density at radius 2 is 1.61 bits per heavy atom. The molecular formula is C28H25Cl2IO5. The Bertz CT molecular complexity index is 1270. The third kappa shape index (κ3) is 4.92. The Kier molecular flexibility index (Phi) is 7.65. The molecule has 0 saturated carbocycles. The number of carbonyl (C=O) groups is 2. The topological polar surface area (TPSA) is 61.8 Å². The number of ether oxygens (including phenoxy) is 3. The summed E-state index contributed by atoms with van der Waals surface area (Å²) in [7, 11) is 0. The van der Waals surface area contributed by atoms with Crippen LogP contribution in [0.4, 0.5) is 0 Å². The van der Waals surface area contributed by atoms with E-state index in [0.717, 1.165) is 39.1 Å². The predicted octanol–water partition coefficient (Wildman–Crippen LogP) is 7.70. The molecule has 0 bridgehead atoms. The molecule has 8 heteroatoms. The number of allylic oxidation sites excluding steroid dienone is 4. The summed E-state index contributed by atoms with van der Waals surface area (Å²) in [5, 5.41) is 1.09. The Hall–Kier alpha value is -2.03. The van der Waals surface area contributed by atoms with Crippen LogP contribution in [0.3, 0.4) is 0 Å². The van der Waals surface area contributed by atoms with Crippen molar-refractivity contribution in [3.05, 3.63) is 77.7 Å². The summed E-state index contributed by atoms with van der Waals surface area (Å²) in [6.45, 7) is 2.58. The molecule has 0 aromatic heterocycles. The summed E-state index contributed by atoms with van der Waals surface area (Å²) < 4.78 is 19.2. The quantitative estimate of drug-likeness (QED) is 0.304. The van der Waals surface area contributed by atoms with E-state index in [-0.39, 0.29) is 18.2 Å². The monoisotopic (exact) mass is 638 g/mol. The largest absolute Gasteiger partial charge is 0.490 e. The Morgan fingerprint density at radius 1 is 0.944 bits per heavy atom. The molecule has 0 saturated heterocycles. The van der Waals surface area contributed by atoms with Crippen LogP contribution in [0.15, 0.2) is 53.0 Å². The first-order valence-electron chi connectivity index (χ1n) is 12.1. The first-order valence-corrected chi connectivity index (χ1v) is 13.9. The zero-order chi connectivity index (χ0) is 25.4. The van der Waals surface area contributed by atoms with Gasteiger partial charge in [0.25, 0.3) is 0 Å². The van der Waals surface area contributed by atoms with E-state index in [1.165, 1.54) is 0 Å². The highest BCUT2D eigenvalue weighted by atomic mass is 127. The van der Waals surface area contributed by atoms with E-state index in [0.29, 0.717) is 65.0 Å². The van der Waals surface area contributed by atoms with Crippen LogP contribution in [0.25, 0.3) is 0 Å². The van der Waals surface area contributed by atoms with E-state index in [1.54, 1.807) is 12.1 Å². The van der Waals surface area contributed by atoms with Crippen molar-refractivity contribution in [3.63, 3.8) is 0 Å². The second kappa shape index (κ2) is 10.8. The molecule has 5 rings (SSSR count). The lowest BCUT2D eigenvalue weighted by Crippen LogP contribution is -2.30. The Labute approximate surface area is 233 Å². The van der Waals surface area contributed by atoms with Crippen molar-refractivity contribution >= 4 is 57.4 Å². The predicted molar refractivity (Wildman–Crippen MR) is 147 cm³/mol. The van der Waals surface area contributed by atoms with Crippen LogP contribution in [0, 0.1) is 3.57 Å². The molecule has 5 nitrogen and oxygen atoms in total. The van der Waals surface area contributed by atoms with Gasteiger partial charge in [-0.1, -0.05) is 29.3 Å². The van der Waals surface area contributed by atoms with Crippen LogP contribution < -0.4 is 9.47 Å². The minimum Gasteiger partial charge on any atom is -0.490 e. The molecule has 188 valence electrons. The van der Waals surface area contributed by atoms with Gasteiger partial charge in [0, 0.05) is 58.4 Å². The van der Waals surface area contributed by atoms with Gasteiger partial charge in [-0.3, -0.25) is 9.59 Å². The minimum absolute atomic E-state index is 0.0526. The zero-order valence-electron chi connectivity index (χ0n) is 19.8. The van der Waals surface area contributed by atoms with Crippen molar-refractivity contribution in [2.24, 2.45) is 0 Å². The average Bonchev–Trinajstić information content (AvgIpc) is 2.84. The maximum atomic E-state index is 13.1. The summed E-state index contributed by atoms with van der Waals surface area (Å²) in [6.07, 6.45) is 3.88. The van der Waals surface area contributed by atoms with Gasteiger partial charge < -0.3 is 14.2 Å². The second-order valence-electron chi connectivity index (χ2n) is 9.05. The first kappa shape index (κ1) is 25.6. The van der Waals surface area contributed by atoms with Crippen LogP contribution in [-0.4, -0.2) is 18.2 Å². The lowest BCUT2D eigenvalue weighted by atomic mass is 9.73. The maximum Gasteiger partial charge on any atom is 0.174 e. The third-order valence-electron chi connectivity index (χ3n) is 6.69. The summed E-state index contributed by atoms with van der Waals surface area (Å²) in [4.78, 5) is 26.2. The number of benzene rings is 2. The first-order chi connectivity index (χ1) is 17.4. The third-order valence-corrected chi connectivity index (χ3v) is 8.08. The van der Waals surface area contributed by atoms with E-state index in [9.17, 15) is 9.59 Å². The molecule has 36 heavy (non-hydrogen) atoms. The smallest absolute Gasteiger partial charge is 0.174 e. The van der Waals surface area contributed by atoms with Gasteiger partial charge in [-0.15, -0.1) is 0 Å². The van der Waals surface area contributed by atoms with E-state index >= 15 is 0 Å². The van der Waals surface area contributed by atoms with Gasteiger partial charge in [-0.25, -0.2) is 0 Å². The fraction of sp³-hybridized carbons (Fsp3) is 0.357. The summed E-state index contributed by atoms with van der Waals surface area (Å²) in [5.74, 6) is 2.25. The molecule has 0 radical (unpaired) electrons. The highest BCUT2D eigenvalue weighted by molar-refractivity contribution is 14.1. The molecule has 2 aliphatic carbocycles. The van der Waals surface area contributed by atoms with Crippen molar-refractivity contribution in [1.29, 1.82) is 0 Å². The molecule has 0 spiro atoms. The van der Waals surface area contributed by atoms with Crippen LogP contribution in [0.1, 0.15) is 62.5 Å². The zero-order valence-corrected chi connectivity index (χ0v) is 23.5. The summed E-state index contributed by atoms with van der Waals surface area (Å²) in [5.41, 5.74) is 2.89. The number of ketones is 2. The van der Waals surface area contributed by atoms with Gasteiger partial charge in [0.15, 0.2) is 23.1 Å². The van der Waals surface area contributed by atoms with Crippen molar-refractivity contribution in [2.75, 3.05) is 6.61 Å². The van der Waals surface area contributed by atoms with Gasteiger partial charge in [0.05, 0.1) is 10.2 Å². The van der Waals surface area contributed by atoms with Crippen molar-refractivity contribution < 1.29 is 23.8 Å².